The summed E-state index contributed by atoms with van der Waals surface area (Å²) in [5, 5.41) is 9.73. The Labute approximate surface area is 225 Å². The van der Waals surface area contributed by atoms with Crippen molar-refractivity contribution in [2.75, 3.05) is 32.4 Å². The van der Waals surface area contributed by atoms with Gasteiger partial charge in [-0.15, -0.1) is 0 Å². The first-order valence-corrected chi connectivity index (χ1v) is 14.3. The number of rotatable bonds is 6. The predicted molar refractivity (Wildman–Crippen MR) is 129 cm³/mol. The fourth-order valence-electron chi connectivity index (χ4n) is 5.89. The lowest BCUT2D eigenvalue weighted by atomic mass is 9.74. The number of alkyl halides is 6. The summed E-state index contributed by atoms with van der Waals surface area (Å²) in [7, 11) is -3.29. The van der Waals surface area contributed by atoms with Gasteiger partial charge in [0.15, 0.2) is 0 Å². The highest BCUT2D eigenvalue weighted by Crippen LogP contribution is 2.52. The Balaban J connectivity index is 1.45. The van der Waals surface area contributed by atoms with E-state index in [0.717, 1.165) is 18.4 Å². The third-order valence-corrected chi connectivity index (χ3v) is 9.25. The summed E-state index contributed by atoms with van der Waals surface area (Å²) in [6.45, 7) is 2.96. The summed E-state index contributed by atoms with van der Waals surface area (Å²) in [6, 6.07) is 2.76. The molecular formula is C26H26F8N2O3S. The molecule has 2 aromatic rings. The predicted octanol–water partition coefficient (Wildman–Crippen LogP) is 5.21. The fraction of sp³-hybridized carbons (Fsp3) is 0.538. The number of hydrogen-bond acceptors (Lipinski definition) is 4. The van der Waals surface area contributed by atoms with E-state index in [9.17, 15) is 39.9 Å². The number of hydrogen-bond donors (Lipinski definition) is 1. The van der Waals surface area contributed by atoms with Crippen LogP contribution in [0.4, 0.5) is 35.1 Å². The van der Waals surface area contributed by atoms with Gasteiger partial charge in [0.2, 0.25) is 10.0 Å². The Morgan fingerprint density at radius 3 is 2.02 bits per heavy atom. The maximum atomic E-state index is 15.8. The second kappa shape index (κ2) is 9.10. The van der Waals surface area contributed by atoms with Crippen LogP contribution in [-0.2, 0) is 22.2 Å². The first-order valence-electron chi connectivity index (χ1n) is 12.4. The molecule has 0 aromatic heterocycles. The van der Waals surface area contributed by atoms with Crippen molar-refractivity contribution in [1.82, 2.24) is 9.21 Å². The molecule has 220 valence electrons. The molecule has 2 aromatic carbocycles. The fourth-order valence-corrected chi connectivity index (χ4v) is 6.91. The molecule has 0 atom stereocenters. The van der Waals surface area contributed by atoms with Crippen molar-refractivity contribution in [3.63, 3.8) is 0 Å². The molecule has 1 saturated carbocycles. The average molecular weight is 599 g/mol. The molecular weight excluding hydrogens is 572 g/mol. The molecule has 3 aliphatic rings. The van der Waals surface area contributed by atoms with Gasteiger partial charge in [-0.2, -0.15) is 26.3 Å². The second-order valence-corrected chi connectivity index (χ2v) is 13.3. The van der Waals surface area contributed by atoms with E-state index in [4.69, 9.17) is 0 Å². The molecule has 2 aliphatic heterocycles. The van der Waals surface area contributed by atoms with Crippen molar-refractivity contribution in [2.24, 2.45) is 5.41 Å². The van der Waals surface area contributed by atoms with Gasteiger partial charge in [0.05, 0.1) is 6.26 Å². The van der Waals surface area contributed by atoms with E-state index in [2.05, 4.69) is 0 Å². The maximum Gasteiger partial charge on any atom is 0.430 e. The van der Waals surface area contributed by atoms with Gasteiger partial charge >= 0.3 is 12.4 Å². The monoisotopic (exact) mass is 598 g/mol. The van der Waals surface area contributed by atoms with Crippen molar-refractivity contribution in [2.45, 2.75) is 50.2 Å². The molecule has 40 heavy (non-hydrogen) atoms. The van der Waals surface area contributed by atoms with Gasteiger partial charge in [-0.1, -0.05) is 18.2 Å². The van der Waals surface area contributed by atoms with Gasteiger partial charge in [-0.05, 0) is 42.9 Å². The van der Waals surface area contributed by atoms with Gasteiger partial charge in [-0.25, -0.2) is 21.5 Å². The molecule has 1 spiro atoms. The summed E-state index contributed by atoms with van der Waals surface area (Å²) in [5.74, 6) is -1.90. The standard InChI is InChI=1S/C26H26F8N2O3S/c1-14-7-17(24(37,25(29,30)31)26(32,33)34)5-6-18(14)21-19(27)8-16(22(28)20(21)15-3-4-15)9-35-10-23(11-35)12-36(13-23)40(2,38)39/h5-8,15,37H,3-4,9-13H2,1-2H3. The quantitative estimate of drug-likeness (QED) is 0.465. The van der Waals surface area contributed by atoms with E-state index in [0.29, 0.717) is 51.2 Å². The highest BCUT2D eigenvalue weighted by atomic mass is 32.2. The first-order chi connectivity index (χ1) is 18.3. The van der Waals surface area contributed by atoms with Crippen molar-refractivity contribution < 1.29 is 48.6 Å². The lowest BCUT2D eigenvalue weighted by molar-refractivity contribution is -0.376. The third kappa shape index (κ3) is 4.70. The molecule has 0 unspecified atom stereocenters. The number of aryl methyl sites for hydroxylation is 1. The highest BCUT2D eigenvalue weighted by Gasteiger charge is 2.71. The Hall–Kier alpha value is -2.29. The summed E-state index contributed by atoms with van der Waals surface area (Å²) in [6.07, 6.45) is -9.94. The van der Waals surface area contributed by atoms with Gasteiger partial charge in [0, 0.05) is 60.4 Å². The lowest BCUT2D eigenvalue weighted by Gasteiger charge is -2.59. The smallest absolute Gasteiger partial charge is 0.369 e. The number of nitrogens with zero attached hydrogens (tertiary/aromatic N) is 2. The van der Waals surface area contributed by atoms with E-state index in [1.165, 1.54) is 11.2 Å². The van der Waals surface area contributed by atoms with Crippen LogP contribution < -0.4 is 0 Å². The Kier molecular flexibility index (Phi) is 6.65. The number of sulfonamides is 1. The van der Waals surface area contributed by atoms with E-state index >= 15 is 8.78 Å². The molecule has 2 saturated heterocycles. The zero-order valence-corrected chi connectivity index (χ0v) is 22.2. The SMILES string of the molecule is Cc1cc(C(O)(C(F)(F)F)C(F)(F)F)ccc1-c1c(F)cc(CN2CC3(C2)CN(S(C)(=O)=O)C3)c(F)c1C1CC1. The maximum absolute atomic E-state index is 15.8. The largest absolute Gasteiger partial charge is 0.430 e. The number of benzene rings is 2. The molecule has 0 radical (unpaired) electrons. The van der Waals surface area contributed by atoms with Crippen LogP contribution >= 0.6 is 0 Å². The van der Waals surface area contributed by atoms with E-state index in [1.54, 1.807) is 0 Å². The number of halogens is 8. The number of aliphatic hydroxyl groups is 1. The summed E-state index contributed by atoms with van der Waals surface area (Å²) < 4.78 is 136. The summed E-state index contributed by atoms with van der Waals surface area (Å²) >= 11 is 0. The molecule has 3 fully saturated rings. The van der Waals surface area contributed by atoms with Gasteiger partial charge in [-0.3, -0.25) is 4.90 Å². The molecule has 5 rings (SSSR count). The minimum Gasteiger partial charge on any atom is -0.369 e. The van der Waals surface area contributed by atoms with Crippen molar-refractivity contribution in [3.05, 3.63) is 58.2 Å². The van der Waals surface area contributed by atoms with Crippen LogP contribution in [0.5, 0.6) is 0 Å². The Morgan fingerprint density at radius 1 is 0.975 bits per heavy atom. The molecule has 14 heteroatoms. The van der Waals surface area contributed by atoms with Gasteiger partial charge < -0.3 is 5.11 Å². The van der Waals surface area contributed by atoms with Crippen LogP contribution in [0, 0.1) is 24.0 Å². The van der Waals surface area contributed by atoms with Crippen LogP contribution in [-0.4, -0.2) is 67.5 Å². The van der Waals surface area contributed by atoms with Crippen LogP contribution in [0.3, 0.4) is 0 Å². The minimum absolute atomic E-state index is 0.0230. The third-order valence-electron chi connectivity index (χ3n) is 8.05. The Morgan fingerprint density at radius 2 is 1.55 bits per heavy atom. The molecule has 0 bridgehead atoms. The number of likely N-dealkylation sites (tertiary alicyclic amines) is 1. The molecule has 1 aliphatic carbocycles. The normalized spacial score (nSPS) is 20.5. The minimum atomic E-state index is -6.07. The van der Waals surface area contributed by atoms with E-state index < -0.39 is 45.2 Å². The van der Waals surface area contributed by atoms with Crippen molar-refractivity contribution in [3.8, 4) is 11.1 Å². The topological polar surface area (TPSA) is 60.9 Å². The van der Waals surface area contributed by atoms with Gasteiger partial charge in [0.25, 0.3) is 5.60 Å². The van der Waals surface area contributed by atoms with E-state index in [-0.39, 0.29) is 45.7 Å². The van der Waals surface area contributed by atoms with Crippen LogP contribution in [0.2, 0.25) is 0 Å². The average Bonchev–Trinajstić information content (AvgIpc) is 3.58. The van der Waals surface area contributed by atoms with Crippen LogP contribution in [0.1, 0.15) is 41.0 Å². The Bertz CT molecular complexity index is 1440. The highest BCUT2D eigenvalue weighted by molar-refractivity contribution is 7.88. The first kappa shape index (κ1) is 29.2. The lowest BCUT2D eigenvalue weighted by Crippen LogP contribution is -2.72. The van der Waals surface area contributed by atoms with Crippen molar-refractivity contribution in [1.29, 1.82) is 0 Å². The van der Waals surface area contributed by atoms with Crippen LogP contribution in [0.25, 0.3) is 11.1 Å². The zero-order chi connectivity index (χ0) is 29.6. The van der Waals surface area contributed by atoms with Crippen LogP contribution in [0.15, 0.2) is 24.3 Å². The van der Waals surface area contributed by atoms with Crippen molar-refractivity contribution >= 4 is 10.0 Å². The summed E-state index contributed by atoms with van der Waals surface area (Å²) in [5.41, 5.74) is -7.23. The van der Waals surface area contributed by atoms with Gasteiger partial charge in [0.1, 0.15) is 11.6 Å². The zero-order valence-electron chi connectivity index (χ0n) is 21.4. The summed E-state index contributed by atoms with van der Waals surface area (Å²) in [4.78, 5) is 1.86. The van der Waals surface area contributed by atoms with E-state index in [1.807, 2.05) is 4.90 Å². The molecule has 0 amide bonds. The molecule has 1 N–H and O–H groups in total. The molecule has 2 heterocycles. The second-order valence-electron chi connectivity index (χ2n) is 11.3. The molecule has 5 nitrogen and oxygen atoms in total.